The lowest BCUT2D eigenvalue weighted by molar-refractivity contribution is 0.0522. The molecule has 2 heterocycles. The monoisotopic (exact) mass is 296 g/mol. The average molecular weight is 296 g/mol. The van der Waals surface area contributed by atoms with Crippen LogP contribution in [0.5, 0.6) is 0 Å². The van der Waals surface area contributed by atoms with E-state index in [1.54, 1.807) is 13.0 Å². The molecule has 0 aliphatic carbocycles. The van der Waals surface area contributed by atoms with Gasteiger partial charge in [0.15, 0.2) is 5.03 Å². The van der Waals surface area contributed by atoms with Gasteiger partial charge in [-0.1, -0.05) is 0 Å². The normalized spacial score (nSPS) is 11.1. The number of aromatic amines is 1. The molecule has 0 radical (unpaired) electrons. The molecule has 2 rings (SSSR count). The number of carbonyl (C=O) groups excluding carboxylic acids is 1. The predicted octanol–water partition coefficient (Wildman–Crippen LogP) is 0.782. The standard InChI is InChI=1S/C11H12N4O4S/c1-2-19-11(16)9-7-13-14-10(9)20(17,18)15-8-4-3-5-12-6-8/h3-7,15H,2H2,1H3,(H,13,14). The predicted molar refractivity (Wildman–Crippen MR) is 69.6 cm³/mol. The molecule has 8 nitrogen and oxygen atoms in total. The van der Waals surface area contributed by atoms with E-state index in [-0.39, 0.29) is 22.9 Å². The lowest BCUT2D eigenvalue weighted by Crippen LogP contribution is -2.17. The molecule has 0 saturated carbocycles. The molecule has 9 heteroatoms. The first-order valence-corrected chi connectivity index (χ1v) is 7.16. The molecule has 0 spiro atoms. The van der Waals surface area contributed by atoms with Crippen LogP contribution in [0.25, 0.3) is 0 Å². The highest BCUT2D eigenvalue weighted by atomic mass is 32.2. The number of esters is 1. The van der Waals surface area contributed by atoms with E-state index in [0.29, 0.717) is 0 Å². The highest BCUT2D eigenvalue weighted by Gasteiger charge is 2.25. The van der Waals surface area contributed by atoms with Crippen molar-refractivity contribution in [1.29, 1.82) is 0 Å². The maximum Gasteiger partial charge on any atom is 0.342 e. The third-order valence-corrected chi connectivity index (χ3v) is 3.64. The molecule has 20 heavy (non-hydrogen) atoms. The summed E-state index contributed by atoms with van der Waals surface area (Å²) in [6, 6.07) is 3.11. The third-order valence-electron chi connectivity index (χ3n) is 2.28. The van der Waals surface area contributed by atoms with Crippen molar-refractivity contribution in [2.45, 2.75) is 11.9 Å². The first kappa shape index (κ1) is 14.0. The number of nitrogens with one attached hydrogen (secondary N) is 2. The minimum absolute atomic E-state index is 0.138. The van der Waals surface area contributed by atoms with Crippen LogP contribution in [0.2, 0.25) is 0 Å². The van der Waals surface area contributed by atoms with Crippen molar-refractivity contribution < 1.29 is 17.9 Å². The molecule has 0 atom stereocenters. The Morgan fingerprint density at radius 1 is 1.45 bits per heavy atom. The zero-order valence-electron chi connectivity index (χ0n) is 10.5. The quantitative estimate of drug-likeness (QED) is 0.788. The van der Waals surface area contributed by atoms with Crippen molar-refractivity contribution in [1.82, 2.24) is 15.2 Å². The Balaban J connectivity index is 2.31. The number of rotatable bonds is 5. The molecule has 2 aromatic heterocycles. The maximum atomic E-state index is 12.2. The number of carbonyl (C=O) groups is 1. The molecule has 0 fully saturated rings. The Morgan fingerprint density at radius 3 is 2.90 bits per heavy atom. The number of ether oxygens (including phenoxy) is 1. The Bertz CT molecular complexity index is 696. The SMILES string of the molecule is CCOC(=O)c1cn[nH]c1S(=O)(=O)Nc1cccnc1. The molecule has 2 N–H and O–H groups in total. The number of aromatic nitrogens is 3. The highest BCUT2D eigenvalue weighted by Crippen LogP contribution is 2.17. The second-order valence-electron chi connectivity index (χ2n) is 3.68. The van der Waals surface area contributed by atoms with Gasteiger partial charge < -0.3 is 4.74 Å². The minimum Gasteiger partial charge on any atom is -0.462 e. The van der Waals surface area contributed by atoms with E-state index in [2.05, 4.69) is 19.9 Å². The fourth-order valence-corrected chi connectivity index (χ4v) is 2.59. The van der Waals surface area contributed by atoms with E-state index in [0.717, 1.165) is 6.20 Å². The van der Waals surface area contributed by atoms with Crippen molar-refractivity contribution >= 4 is 21.7 Å². The molecule has 0 unspecified atom stereocenters. The summed E-state index contributed by atoms with van der Waals surface area (Å²) < 4.78 is 31.4. The van der Waals surface area contributed by atoms with Crippen molar-refractivity contribution in [3.8, 4) is 0 Å². The van der Waals surface area contributed by atoms with Crippen LogP contribution in [0.1, 0.15) is 17.3 Å². The number of hydrogen-bond donors (Lipinski definition) is 2. The van der Waals surface area contributed by atoms with E-state index in [1.165, 1.54) is 18.5 Å². The third kappa shape index (κ3) is 2.94. The average Bonchev–Trinajstić information content (AvgIpc) is 2.90. The van der Waals surface area contributed by atoms with Gasteiger partial charge in [-0.2, -0.15) is 13.5 Å². The van der Waals surface area contributed by atoms with Gasteiger partial charge in [0.05, 0.1) is 24.7 Å². The number of hydrogen-bond acceptors (Lipinski definition) is 6. The molecular formula is C11H12N4O4S. The van der Waals surface area contributed by atoms with Crippen molar-refractivity contribution in [2.75, 3.05) is 11.3 Å². The molecule has 0 aliphatic rings. The summed E-state index contributed by atoms with van der Waals surface area (Å²) in [5.74, 6) is -0.757. The van der Waals surface area contributed by atoms with Gasteiger partial charge in [-0.25, -0.2) is 4.79 Å². The summed E-state index contributed by atoms with van der Waals surface area (Å²) in [6.07, 6.45) is 3.96. The van der Waals surface area contributed by atoms with Crippen LogP contribution in [-0.4, -0.2) is 36.2 Å². The second-order valence-corrected chi connectivity index (χ2v) is 5.30. The van der Waals surface area contributed by atoms with Crippen LogP contribution in [-0.2, 0) is 14.8 Å². The summed E-state index contributed by atoms with van der Waals surface area (Å²) >= 11 is 0. The van der Waals surface area contributed by atoms with Crippen molar-refractivity contribution in [3.05, 3.63) is 36.3 Å². The van der Waals surface area contributed by atoms with Crippen molar-refractivity contribution in [2.24, 2.45) is 0 Å². The van der Waals surface area contributed by atoms with E-state index in [4.69, 9.17) is 4.74 Å². The Morgan fingerprint density at radius 2 is 2.25 bits per heavy atom. The Hall–Kier alpha value is -2.42. The Labute approximate surface area is 115 Å². The van der Waals surface area contributed by atoms with E-state index in [9.17, 15) is 13.2 Å². The summed E-state index contributed by atoms with van der Waals surface area (Å²) in [6.45, 7) is 1.76. The van der Waals surface area contributed by atoms with E-state index >= 15 is 0 Å². The zero-order valence-corrected chi connectivity index (χ0v) is 11.3. The van der Waals surface area contributed by atoms with E-state index in [1.807, 2.05) is 0 Å². The summed E-state index contributed by atoms with van der Waals surface area (Å²) in [4.78, 5) is 15.4. The molecule has 0 amide bonds. The number of nitrogens with zero attached hydrogens (tertiary/aromatic N) is 2. The topological polar surface area (TPSA) is 114 Å². The van der Waals surface area contributed by atoms with Crippen LogP contribution in [0.4, 0.5) is 5.69 Å². The molecular weight excluding hydrogens is 284 g/mol. The first-order valence-electron chi connectivity index (χ1n) is 5.68. The van der Waals surface area contributed by atoms with Gasteiger partial charge in [0, 0.05) is 6.20 Å². The largest absolute Gasteiger partial charge is 0.462 e. The van der Waals surface area contributed by atoms with Gasteiger partial charge in [-0.3, -0.25) is 14.8 Å². The van der Waals surface area contributed by atoms with E-state index < -0.39 is 16.0 Å². The number of sulfonamides is 1. The molecule has 0 bridgehead atoms. The molecule has 106 valence electrons. The fraction of sp³-hybridized carbons (Fsp3) is 0.182. The molecule has 2 aromatic rings. The molecule has 0 aromatic carbocycles. The Kier molecular flexibility index (Phi) is 3.99. The van der Waals surface area contributed by atoms with Crippen molar-refractivity contribution in [3.63, 3.8) is 0 Å². The van der Waals surface area contributed by atoms with Crippen LogP contribution in [0.15, 0.2) is 35.7 Å². The summed E-state index contributed by atoms with van der Waals surface area (Å²) in [5, 5.41) is 5.51. The van der Waals surface area contributed by atoms with Gasteiger partial charge >= 0.3 is 5.97 Å². The van der Waals surface area contributed by atoms with Gasteiger partial charge in [0.2, 0.25) is 0 Å². The lowest BCUT2D eigenvalue weighted by atomic mass is 10.4. The summed E-state index contributed by atoms with van der Waals surface area (Å²) in [5.41, 5.74) is 0.125. The van der Waals surface area contributed by atoms with Gasteiger partial charge in [-0.15, -0.1) is 0 Å². The maximum absolute atomic E-state index is 12.2. The smallest absolute Gasteiger partial charge is 0.342 e. The van der Waals surface area contributed by atoms with Gasteiger partial charge in [0.25, 0.3) is 10.0 Å². The summed E-state index contributed by atoms with van der Waals surface area (Å²) in [7, 11) is -3.97. The lowest BCUT2D eigenvalue weighted by Gasteiger charge is -2.07. The van der Waals surface area contributed by atoms with Gasteiger partial charge in [-0.05, 0) is 19.1 Å². The fourth-order valence-electron chi connectivity index (χ4n) is 1.46. The van der Waals surface area contributed by atoms with Crippen LogP contribution in [0.3, 0.4) is 0 Å². The number of pyridine rings is 1. The van der Waals surface area contributed by atoms with Crippen LogP contribution < -0.4 is 4.72 Å². The first-order chi connectivity index (χ1) is 9.54. The van der Waals surface area contributed by atoms with Crippen LogP contribution in [0, 0.1) is 0 Å². The van der Waals surface area contributed by atoms with Gasteiger partial charge in [0.1, 0.15) is 5.56 Å². The minimum atomic E-state index is -3.97. The van der Waals surface area contributed by atoms with Crippen LogP contribution >= 0.6 is 0 Å². The number of anilines is 1. The second kappa shape index (κ2) is 5.70. The molecule has 0 aliphatic heterocycles. The zero-order chi connectivity index (χ0) is 14.6. The number of H-pyrrole nitrogens is 1. The molecule has 0 saturated heterocycles. The highest BCUT2D eigenvalue weighted by molar-refractivity contribution is 7.92.